The van der Waals surface area contributed by atoms with Crippen LogP contribution in [-0.2, 0) is 26.9 Å². The first kappa shape index (κ1) is 24.8. The number of aromatic nitrogens is 2. The van der Waals surface area contributed by atoms with E-state index in [1.165, 1.54) is 18.4 Å². The van der Waals surface area contributed by atoms with Gasteiger partial charge in [-0.05, 0) is 35.4 Å². The molecule has 1 aliphatic heterocycles. The maximum absolute atomic E-state index is 12.1. The first-order valence-electron chi connectivity index (χ1n) is 11.4. The van der Waals surface area contributed by atoms with Crippen molar-refractivity contribution in [3.63, 3.8) is 0 Å². The van der Waals surface area contributed by atoms with Gasteiger partial charge in [0.2, 0.25) is 10.0 Å². The minimum atomic E-state index is -3.31. The molecule has 4 rings (SSSR count). The van der Waals surface area contributed by atoms with Crippen LogP contribution in [0.15, 0.2) is 54.7 Å². The van der Waals surface area contributed by atoms with Crippen molar-refractivity contribution in [2.24, 2.45) is 0 Å². The number of hydrogen-bond acceptors (Lipinski definition) is 7. The molecule has 2 aromatic carbocycles. The van der Waals surface area contributed by atoms with Crippen LogP contribution >= 0.6 is 0 Å². The molecule has 0 bridgehead atoms. The summed E-state index contributed by atoms with van der Waals surface area (Å²) in [5.41, 5.74) is 3.71. The minimum Gasteiger partial charge on any atom is -0.489 e. The van der Waals surface area contributed by atoms with Gasteiger partial charge >= 0.3 is 0 Å². The molecule has 1 aromatic heterocycles. The summed E-state index contributed by atoms with van der Waals surface area (Å²) in [4.78, 5) is 9.07. The van der Waals surface area contributed by atoms with E-state index in [9.17, 15) is 13.7 Å². The maximum atomic E-state index is 12.1. The molecule has 0 saturated carbocycles. The second-order valence-electron chi connectivity index (χ2n) is 8.64. The molecule has 1 aliphatic rings. The van der Waals surface area contributed by atoms with Crippen LogP contribution in [0.1, 0.15) is 35.4 Å². The Kier molecular flexibility index (Phi) is 7.76. The zero-order chi connectivity index (χ0) is 24.8. The van der Waals surface area contributed by atoms with Gasteiger partial charge in [0.1, 0.15) is 23.7 Å². The Hall–Kier alpha value is -3.32. The van der Waals surface area contributed by atoms with Crippen molar-refractivity contribution in [3.05, 3.63) is 77.2 Å². The summed E-state index contributed by atoms with van der Waals surface area (Å²) in [6.45, 7) is 1.35. The van der Waals surface area contributed by atoms with Gasteiger partial charge in [0.05, 0.1) is 30.2 Å². The van der Waals surface area contributed by atoms with Crippen LogP contribution in [-0.4, -0.2) is 56.1 Å². The fourth-order valence-electron chi connectivity index (χ4n) is 3.77. The van der Waals surface area contributed by atoms with E-state index in [1.54, 1.807) is 12.3 Å². The van der Waals surface area contributed by atoms with E-state index in [0.717, 1.165) is 35.2 Å². The van der Waals surface area contributed by atoms with Crippen LogP contribution in [0, 0.1) is 11.3 Å². The predicted molar refractivity (Wildman–Crippen MR) is 132 cm³/mol. The standard InChI is InChI=1S/C26H28N4O4S/c1-30(2)35(31,32)18-20-5-3-19(4-6-20)15-26-28-12-9-24(29-26)21-7-8-25(22(16-21)17-27)34-23-10-13-33-14-11-23/h3-9,12,16,23H,10-11,13-15,18H2,1-2H3. The third-order valence-corrected chi connectivity index (χ3v) is 7.66. The Labute approximate surface area is 206 Å². The molecule has 0 spiro atoms. The highest BCUT2D eigenvalue weighted by molar-refractivity contribution is 7.88. The average Bonchev–Trinajstić information content (AvgIpc) is 2.86. The summed E-state index contributed by atoms with van der Waals surface area (Å²) >= 11 is 0. The monoisotopic (exact) mass is 492 g/mol. The first-order valence-corrected chi connectivity index (χ1v) is 13.0. The summed E-state index contributed by atoms with van der Waals surface area (Å²) < 4.78 is 36.8. The number of benzene rings is 2. The average molecular weight is 493 g/mol. The Bertz CT molecular complexity index is 1310. The van der Waals surface area contributed by atoms with Crippen LogP contribution in [0.25, 0.3) is 11.3 Å². The van der Waals surface area contributed by atoms with Gasteiger partial charge in [0, 0.05) is 45.1 Å². The van der Waals surface area contributed by atoms with Crippen molar-refractivity contribution in [2.45, 2.75) is 31.1 Å². The fraction of sp³-hybridized carbons (Fsp3) is 0.346. The summed E-state index contributed by atoms with van der Waals surface area (Å²) in [7, 11) is -0.249. The van der Waals surface area contributed by atoms with Crippen molar-refractivity contribution in [3.8, 4) is 23.1 Å². The third kappa shape index (κ3) is 6.42. The molecule has 0 radical (unpaired) electrons. The van der Waals surface area contributed by atoms with E-state index < -0.39 is 10.0 Å². The number of ether oxygens (including phenoxy) is 2. The lowest BCUT2D eigenvalue weighted by molar-refractivity contribution is 0.0254. The number of rotatable bonds is 8. The normalized spacial score (nSPS) is 14.6. The summed E-state index contributed by atoms with van der Waals surface area (Å²) in [5, 5.41) is 9.66. The van der Waals surface area contributed by atoms with Crippen molar-refractivity contribution in [1.82, 2.24) is 14.3 Å². The van der Waals surface area contributed by atoms with Crippen molar-refractivity contribution >= 4 is 10.0 Å². The Balaban J connectivity index is 1.47. The van der Waals surface area contributed by atoms with Crippen molar-refractivity contribution < 1.29 is 17.9 Å². The van der Waals surface area contributed by atoms with E-state index >= 15 is 0 Å². The van der Waals surface area contributed by atoms with Crippen LogP contribution in [0.2, 0.25) is 0 Å². The number of nitriles is 1. The quantitative estimate of drug-likeness (QED) is 0.473. The molecule has 8 nitrogen and oxygen atoms in total. The number of sulfonamides is 1. The summed E-state index contributed by atoms with van der Waals surface area (Å²) in [6.07, 6.45) is 3.89. The predicted octanol–water partition coefficient (Wildman–Crippen LogP) is 3.56. The second-order valence-corrected chi connectivity index (χ2v) is 10.8. The molecule has 3 aromatic rings. The van der Waals surface area contributed by atoms with Gasteiger partial charge in [-0.25, -0.2) is 22.7 Å². The van der Waals surface area contributed by atoms with Gasteiger partial charge in [-0.3, -0.25) is 0 Å². The molecule has 0 amide bonds. The van der Waals surface area contributed by atoms with Crippen LogP contribution in [0.4, 0.5) is 0 Å². The minimum absolute atomic E-state index is 0.0400. The summed E-state index contributed by atoms with van der Waals surface area (Å²) in [6, 6.07) is 17.0. The van der Waals surface area contributed by atoms with Crippen molar-refractivity contribution in [2.75, 3.05) is 27.3 Å². The Morgan fingerprint density at radius 2 is 1.80 bits per heavy atom. The van der Waals surface area contributed by atoms with E-state index in [2.05, 4.69) is 16.0 Å². The van der Waals surface area contributed by atoms with E-state index in [4.69, 9.17) is 9.47 Å². The highest BCUT2D eigenvalue weighted by Crippen LogP contribution is 2.27. The number of nitrogens with zero attached hydrogens (tertiary/aromatic N) is 4. The van der Waals surface area contributed by atoms with Crippen molar-refractivity contribution in [1.29, 1.82) is 5.26 Å². The van der Waals surface area contributed by atoms with E-state index in [0.29, 0.717) is 36.8 Å². The Morgan fingerprint density at radius 1 is 1.09 bits per heavy atom. The third-order valence-electron chi connectivity index (χ3n) is 5.85. The SMILES string of the molecule is CN(C)S(=O)(=O)Cc1ccc(Cc2nccc(-c3ccc(OC4CCOCC4)c(C#N)c3)n2)cc1. The lowest BCUT2D eigenvalue weighted by atomic mass is 10.1. The van der Waals surface area contributed by atoms with Crippen LogP contribution < -0.4 is 4.74 Å². The molecule has 1 fully saturated rings. The Morgan fingerprint density at radius 3 is 2.49 bits per heavy atom. The first-order chi connectivity index (χ1) is 16.8. The molecule has 0 unspecified atom stereocenters. The maximum Gasteiger partial charge on any atom is 0.217 e. The largest absolute Gasteiger partial charge is 0.489 e. The molecule has 9 heteroatoms. The van der Waals surface area contributed by atoms with E-state index in [-0.39, 0.29) is 11.9 Å². The van der Waals surface area contributed by atoms with Crippen LogP contribution in [0.5, 0.6) is 5.75 Å². The van der Waals surface area contributed by atoms with Gasteiger partial charge < -0.3 is 9.47 Å². The molecule has 2 heterocycles. The zero-order valence-corrected chi connectivity index (χ0v) is 20.7. The second kappa shape index (κ2) is 11.0. The van der Waals surface area contributed by atoms with Gasteiger partial charge in [0.25, 0.3) is 0 Å². The topological polar surface area (TPSA) is 105 Å². The van der Waals surface area contributed by atoms with Gasteiger partial charge in [-0.15, -0.1) is 0 Å². The zero-order valence-electron chi connectivity index (χ0n) is 19.8. The van der Waals surface area contributed by atoms with Crippen LogP contribution in [0.3, 0.4) is 0 Å². The van der Waals surface area contributed by atoms with Gasteiger partial charge in [-0.2, -0.15) is 5.26 Å². The van der Waals surface area contributed by atoms with Gasteiger partial charge in [0.15, 0.2) is 0 Å². The molecule has 35 heavy (non-hydrogen) atoms. The molecule has 0 N–H and O–H groups in total. The molecule has 182 valence electrons. The summed E-state index contributed by atoms with van der Waals surface area (Å²) in [5.74, 6) is 1.17. The molecule has 1 saturated heterocycles. The molecular weight excluding hydrogens is 464 g/mol. The number of hydrogen-bond donors (Lipinski definition) is 0. The highest BCUT2D eigenvalue weighted by Gasteiger charge is 2.18. The fourth-order valence-corrected chi connectivity index (χ4v) is 4.65. The van der Waals surface area contributed by atoms with Gasteiger partial charge in [-0.1, -0.05) is 24.3 Å². The lowest BCUT2D eigenvalue weighted by Gasteiger charge is -2.23. The molecule has 0 aliphatic carbocycles. The molecule has 0 atom stereocenters. The highest BCUT2D eigenvalue weighted by atomic mass is 32.2. The van der Waals surface area contributed by atoms with E-state index in [1.807, 2.05) is 42.5 Å². The molecular formula is C26H28N4O4S. The lowest BCUT2D eigenvalue weighted by Crippen LogP contribution is -2.26. The smallest absolute Gasteiger partial charge is 0.217 e.